The summed E-state index contributed by atoms with van der Waals surface area (Å²) in [6, 6.07) is 15.7. The molecule has 1 aromatic heterocycles. The number of rotatable bonds is 2. The Morgan fingerprint density at radius 1 is 0.909 bits per heavy atom. The van der Waals surface area contributed by atoms with Gasteiger partial charge in [-0.25, -0.2) is 4.39 Å². The number of aromatic nitrogens is 1. The van der Waals surface area contributed by atoms with Gasteiger partial charge in [-0.15, -0.1) is 11.8 Å². The number of nitrogens with zero attached hydrogens (tertiary/aromatic N) is 1. The topological polar surface area (TPSA) is 70.2 Å². The van der Waals surface area contributed by atoms with E-state index in [1.54, 1.807) is 23.9 Å². The number of hydrogen-bond donors (Lipinski definition) is 1. The SMILES string of the molecule is O=C1[C@@H]2[C@@H]3C[C@@H]([C@H]4Sc5[nH]c(=O)sc5[C@@H](c5ccc(F)cc5)[C@H]34)[C@@H]2C(=O)N1c1ccccc1. The highest BCUT2D eigenvalue weighted by Gasteiger charge is 2.69. The van der Waals surface area contributed by atoms with E-state index in [2.05, 4.69) is 4.98 Å². The number of nitrogens with one attached hydrogen (secondary N) is 1. The van der Waals surface area contributed by atoms with Gasteiger partial charge in [0, 0.05) is 16.0 Å². The molecule has 4 aliphatic rings. The average molecular weight is 479 g/mol. The first-order valence-corrected chi connectivity index (χ1v) is 12.8. The molecule has 3 heterocycles. The molecule has 2 aliphatic heterocycles. The number of H-pyrrole nitrogens is 1. The zero-order valence-electron chi connectivity index (χ0n) is 17.3. The molecule has 2 saturated carbocycles. The van der Waals surface area contributed by atoms with E-state index in [1.807, 2.05) is 30.3 Å². The van der Waals surface area contributed by atoms with Crippen LogP contribution >= 0.6 is 23.1 Å². The summed E-state index contributed by atoms with van der Waals surface area (Å²) in [5, 5.41) is 0.998. The zero-order valence-corrected chi connectivity index (χ0v) is 18.9. The van der Waals surface area contributed by atoms with Crippen LogP contribution in [-0.2, 0) is 9.59 Å². The Labute approximate surface area is 197 Å². The summed E-state index contributed by atoms with van der Waals surface area (Å²) in [4.78, 5) is 44.6. The first-order valence-electron chi connectivity index (χ1n) is 11.1. The summed E-state index contributed by atoms with van der Waals surface area (Å²) >= 11 is 2.87. The van der Waals surface area contributed by atoms with Gasteiger partial charge in [0.15, 0.2) is 0 Å². The first kappa shape index (κ1) is 19.7. The third kappa shape index (κ3) is 2.62. The van der Waals surface area contributed by atoms with Gasteiger partial charge in [0.2, 0.25) is 11.8 Å². The first-order chi connectivity index (χ1) is 16.0. The molecule has 3 aromatic rings. The average Bonchev–Trinajstić information content (AvgIpc) is 3.54. The molecular formula is C25H19FN2O3S2. The van der Waals surface area contributed by atoms with Gasteiger partial charge in [-0.05, 0) is 54.0 Å². The lowest BCUT2D eigenvalue weighted by Gasteiger charge is -2.43. The number of carbonyl (C=O) groups is 2. The highest BCUT2D eigenvalue weighted by molar-refractivity contribution is 8.00. The molecule has 3 fully saturated rings. The van der Waals surface area contributed by atoms with Crippen molar-refractivity contribution in [2.24, 2.45) is 29.6 Å². The number of para-hydroxylation sites is 1. The molecule has 2 aliphatic carbocycles. The van der Waals surface area contributed by atoms with Gasteiger partial charge in [-0.3, -0.25) is 19.3 Å². The van der Waals surface area contributed by atoms with Gasteiger partial charge < -0.3 is 4.98 Å². The van der Waals surface area contributed by atoms with Crippen molar-refractivity contribution in [2.45, 2.75) is 22.6 Å². The Kier molecular flexibility index (Phi) is 4.13. The number of halogens is 1. The largest absolute Gasteiger partial charge is 0.307 e. The summed E-state index contributed by atoms with van der Waals surface area (Å²) in [6.45, 7) is 0. The van der Waals surface area contributed by atoms with E-state index >= 15 is 0 Å². The summed E-state index contributed by atoms with van der Waals surface area (Å²) in [5.41, 5.74) is 1.60. The number of amides is 2. The number of aromatic amines is 1. The Bertz CT molecular complexity index is 1350. The second-order valence-corrected chi connectivity index (χ2v) is 11.6. The minimum atomic E-state index is -0.329. The third-order valence-corrected chi connectivity index (χ3v) is 10.6. The van der Waals surface area contributed by atoms with E-state index in [9.17, 15) is 18.8 Å². The maximum Gasteiger partial charge on any atom is 0.305 e. The highest BCUT2D eigenvalue weighted by Crippen LogP contribution is 2.68. The van der Waals surface area contributed by atoms with E-state index in [4.69, 9.17) is 0 Å². The summed E-state index contributed by atoms with van der Waals surface area (Å²) in [6.07, 6.45) is 0.842. The Balaban J connectivity index is 1.34. The molecule has 0 spiro atoms. The fourth-order valence-electron chi connectivity index (χ4n) is 6.89. The Hall–Kier alpha value is -2.71. The molecule has 1 saturated heterocycles. The number of carbonyl (C=O) groups excluding carboxylic acids is 2. The zero-order chi connectivity index (χ0) is 22.4. The van der Waals surface area contributed by atoms with Crippen LogP contribution in [0.5, 0.6) is 0 Å². The summed E-state index contributed by atoms with van der Waals surface area (Å²) in [5.74, 6) is -0.946. The predicted molar refractivity (Wildman–Crippen MR) is 124 cm³/mol. The second kappa shape index (κ2) is 6.90. The minimum Gasteiger partial charge on any atom is -0.307 e. The van der Waals surface area contributed by atoms with Crippen LogP contribution in [0.3, 0.4) is 0 Å². The van der Waals surface area contributed by atoms with Gasteiger partial charge >= 0.3 is 4.87 Å². The smallest absolute Gasteiger partial charge is 0.305 e. The molecule has 166 valence electrons. The quantitative estimate of drug-likeness (QED) is 0.559. The number of fused-ring (bicyclic) bond motifs is 9. The van der Waals surface area contributed by atoms with Crippen molar-refractivity contribution in [3.63, 3.8) is 0 Å². The molecule has 0 radical (unpaired) electrons. The number of thioether (sulfide) groups is 1. The Morgan fingerprint density at radius 3 is 2.33 bits per heavy atom. The number of imide groups is 1. The maximum absolute atomic E-state index is 13.7. The van der Waals surface area contributed by atoms with E-state index < -0.39 is 0 Å². The van der Waals surface area contributed by atoms with Crippen LogP contribution in [0, 0.1) is 35.4 Å². The molecule has 7 atom stereocenters. The van der Waals surface area contributed by atoms with Crippen molar-refractivity contribution in [1.29, 1.82) is 0 Å². The lowest BCUT2D eigenvalue weighted by Crippen LogP contribution is -2.42. The Morgan fingerprint density at radius 2 is 1.61 bits per heavy atom. The molecule has 0 unspecified atom stereocenters. The lowest BCUT2D eigenvalue weighted by molar-refractivity contribution is -0.123. The standard InChI is InChI=1S/C25H19FN2O3S2/c26-12-8-6-11(7-9-12)16-17-14-10-15(20(17)32-22-21(16)33-25(31)27-22)19-18(14)23(29)28(24(19)30)13-4-2-1-3-5-13/h1-9,14-20H,10H2,(H,27,31)/t14-,15-,16+,17+,18-,19+,20-/m1/s1. The van der Waals surface area contributed by atoms with E-state index in [0.717, 1.165) is 21.9 Å². The number of benzene rings is 2. The van der Waals surface area contributed by atoms with Gasteiger partial charge in [-0.2, -0.15) is 0 Å². The van der Waals surface area contributed by atoms with E-state index in [0.29, 0.717) is 5.69 Å². The number of hydrogen-bond acceptors (Lipinski definition) is 5. The lowest BCUT2D eigenvalue weighted by atomic mass is 9.68. The highest BCUT2D eigenvalue weighted by atomic mass is 32.2. The molecule has 33 heavy (non-hydrogen) atoms. The van der Waals surface area contributed by atoms with Crippen LogP contribution in [0.15, 0.2) is 64.4 Å². The van der Waals surface area contributed by atoms with Crippen LogP contribution < -0.4 is 9.77 Å². The van der Waals surface area contributed by atoms with Crippen molar-refractivity contribution >= 4 is 40.6 Å². The third-order valence-electron chi connectivity index (χ3n) is 7.97. The summed E-state index contributed by atoms with van der Waals surface area (Å²) in [7, 11) is 0. The maximum atomic E-state index is 13.7. The van der Waals surface area contributed by atoms with Crippen LogP contribution in [0.2, 0.25) is 0 Å². The normalized spacial score (nSPS) is 33.8. The van der Waals surface area contributed by atoms with E-state index in [1.165, 1.54) is 28.4 Å². The van der Waals surface area contributed by atoms with Crippen molar-refractivity contribution < 1.29 is 14.0 Å². The summed E-state index contributed by atoms with van der Waals surface area (Å²) < 4.78 is 13.7. The molecule has 1 N–H and O–H groups in total. The number of thiazole rings is 1. The second-order valence-electron chi connectivity index (χ2n) is 9.36. The van der Waals surface area contributed by atoms with Crippen molar-refractivity contribution in [3.8, 4) is 0 Å². The van der Waals surface area contributed by atoms with Crippen molar-refractivity contribution in [3.05, 3.63) is 80.5 Å². The molecule has 2 amide bonds. The molecule has 7 rings (SSSR count). The minimum absolute atomic E-state index is 0.0584. The van der Waals surface area contributed by atoms with Gasteiger partial charge in [0.25, 0.3) is 0 Å². The molecule has 5 nitrogen and oxygen atoms in total. The van der Waals surface area contributed by atoms with Crippen molar-refractivity contribution in [2.75, 3.05) is 4.90 Å². The van der Waals surface area contributed by atoms with Crippen LogP contribution in [0.25, 0.3) is 0 Å². The van der Waals surface area contributed by atoms with Gasteiger partial charge in [0.1, 0.15) is 5.82 Å². The fraction of sp³-hybridized carbons (Fsp3) is 0.320. The van der Waals surface area contributed by atoms with Crippen LogP contribution in [-0.4, -0.2) is 22.0 Å². The van der Waals surface area contributed by atoms with Gasteiger partial charge in [-0.1, -0.05) is 41.7 Å². The van der Waals surface area contributed by atoms with Crippen LogP contribution in [0.4, 0.5) is 10.1 Å². The van der Waals surface area contributed by atoms with E-state index in [-0.39, 0.29) is 63.3 Å². The number of anilines is 1. The fourth-order valence-corrected chi connectivity index (χ4v) is 9.78. The molecule has 2 bridgehead atoms. The molecule has 2 aromatic carbocycles. The molecular weight excluding hydrogens is 459 g/mol. The molecule has 8 heteroatoms. The van der Waals surface area contributed by atoms with Gasteiger partial charge in [0.05, 0.1) is 22.5 Å². The van der Waals surface area contributed by atoms with Crippen LogP contribution in [0.1, 0.15) is 22.8 Å². The monoisotopic (exact) mass is 478 g/mol. The van der Waals surface area contributed by atoms with Crippen molar-refractivity contribution in [1.82, 2.24) is 4.98 Å². The predicted octanol–water partition coefficient (Wildman–Crippen LogP) is 4.25.